The van der Waals surface area contributed by atoms with E-state index in [9.17, 15) is 18.0 Å². The number of aryl methyl sites for hydroxylation is 1. The molecule has 0 atom stereocenters. The van der Waals surface area contributed by atoms with E-state index < -0.39 is 15.8 Å². The third-order valence-electron chi connectivity index (χ3n) is 7.14. The molecule has 5 rings (SSSR count). The van der Waals surface area contributed by atoms with Crippen LogP contribution in [0.3, 0.4) is 0 Å². The number of oxazole rings is 1. The lowest BCUT2D eigenvalue weighted by Gasteiger charge is -2.33. The van der Waals surface area contributed by atoms with Crippen molar-refractivity contribution in [2.75, 3.05) is 26.2 Å². The summed E-state index contributed by atoms with van der Waals surface area (Å²) in [6.45, 7) is 2.07. The highest BCUT2D eigenvalue weighted by Gasteiger charge is 2.31. The summed E-state index contributed by atoms with van der Waals surface area (Å²) < 4.78 is 34.3. The molecule has 2 aliphatic heterocycles. The molecule has 1 saturated heterocycles. The van der Waals surface area contributed by atoms with E-state index in [2.05, 4.69) is 18.2 Å². The van der Waals surface area contributed by atoms with Crippen LogP contribution in [0.5, 0.6) is 0 Å². The summed E-state index contributed by atoms with van der Waals surface area (Å²) in [4.78, 5) is 26.6. The minimum atomic E-state index is -3.70. The molecule has 0 bridgehead atoms. The lowest BCUT2D eigenvalue weighted by Crippen LogP contribution is -2.41. The first-order valence-electron chi connectivity index (χ1n) is 11.9. The van der Waals surface area contributed by atoms with Crippen LogP contribution in [0.2, 0.25) is 0 Å². The number of fused-ring (bicyclic) bond motifs is 1. The molecule has 1 fully saturated rings. The summed E-state index contributed by atoms with van der Waals surface area (Å²) in [5.74, 6) is -0.220. The van der Waals surface area contributed by atoms with Crippen LogP contribution < -0.4 is 5.76 Å². The van der Waals surface area contributed by atoms with Crippen molar-refractivity contribution in [2.24, 2.45) is 13.0 Å². The maximum Gasteiger partial charge on any atom is 0.419 e. The summed E-state index contributed by atoms with van der Waals surface area (Å²) in [7, 11) is -2.12. The van der Waals surface area contributed by atoms with E-state index in [0.29, 0.717) is 51.0 Å². The first kappa shape index (κ1) is 23.6. The Morgan fingerprint density at radius 2 is 1.80 bits per heavy atom. The normalized spacial score (nSPS) is 18.1. The van der Waals surface area contributed by atoms with Crippen LogP contribution >= 0.6 is 0 Å². The summed E-state index contributed by atoms with van der Waals surface area (Å²) in [6.07, 6.45) is 4.72. The van der Waals surface area contributed by atoms with Crippen LogP contribution in [0.4, 0.5) is 0 Å². The Hall–Kier alpha value is -3.17. The Balaban J connectivity index is 1.17. The molecule has 2 aromatic carbocycles. The average molecular weight is 496 g/mol. The van der Waals surface area contributed by atoms with Gasteiger partial charge < -0.3 is 9.32 Å². The number of nitrogens with zero attached hydrogens (tertiary/aromatic N) is 3. The number of piperidine rings is 1. The second-order valence-electron chi connectivity index (χ2n) is 9.29. The lowest BCUT2D eigenvalue weighted by atomic mass is 9.93. The maximum atomic E-state index is 13.2. The van der Waals surface area contributed by atoms with E-state index in [4.69, 9.17) is 4.42 Å². The largest absolute Gasteiger partial charge is 0.419 e. The third kappa shape index (κ3) is 4.70. The molecule has 1 aromatic heterocycles. The molecule has 184 valence electrons. The highest BCUT2D eigenvalue weighted by atomic mass is 32.2. The zero-order valence-corrected chi connectivity index (χ0v) is 20.5. The molecule has 1 amide bonds. The second kappa shape index (κ2) is 9.47. The number of benzene rings is 2. The molecule has 0 spiro atoms. The minimum absolute atomic E-state index is 0.114. The number of amides is 1. The monoisotopic (exact) mass is 495 g/mol. The number of sulfonamides is 1. The molecule has 0 radical (unpaired) electrons. The predicted molar refractivity (Wildman–Crippen MR) is 133 cm³/mol. The van der Waals surface area contributed by atoms with Crippen LogP contribution in [-0.4, -0.2) is 54.3 Å². The Morgan fingerprint density at radius 1 is 1.06 bits per heavy atom. The summed E-state index contributed by atoms with van der Waals surface area (Å²) in [6, 6.07) is 14.8. The van der Waals surface area contributed by atoms with Crippen molar-refractivity contribution in [1.29, 1.82) is 0 Å². The molecule has 0 unspecified atom stereocenters. The minimum Gasteiger partial charge on any atom is -0.408 e. The first-order valence-corrected chi connectivity index (χ1v) is 13.4. The fourth-order valence-electron chi connectivity index (χ4n) is 4.96. The molecule has 0 N–H and O–H groups in total. The van der Waals surface area contributed by atoms with Crippen molar-refractivity contribution in [1.82, 2.24) is 13.8 Å². The zero-order valence-electron chi connectivity index (χ0n) is 19.7. The van der Waals surface area contributed by atoms with Gasteiger partial charge in [-0.1, -0.05) is 36.4 Å². The van der Waals surface area contributed by atoms with Gasteiger partial charge in [0.15, 0.2) is 5.58 Å². The number of hydrogen-bond acceptors (Lipinski definition) is 5. The molecule has 8 nitrogen and oxygen atoms in total. The average Bonchev–Trinajstić information content (AvgIpc) is 3.17. The Labute approximate surface area is 204 Å². The quantitative estimate of drug-likeness (QED) is 0.542. The topological polar surface area (TPSA) is 92.8 Å². The van der Waals surface area contributed by atoms with Gasteiger partial charge in [0.25, 0.3) is 0 Å². The lowest BCUT2D eigenvalue weighted by molar-refractivity contribution is -0.132. The van der Waals surface area contributed by atoms with Crippen molar-refractivity contribution < 1.29 is 17.6 Å². The van der Waals surface area contributed by atoms with E-state index in [1.807, 2.05) is 23.1 Å². The zero-order chi connectivity index (χ0) is 24.6. The smallest absolute Gasteiger partial charge is 0.408 e. The highest BCUT2D eigenvalue weighted by molar-refractivity contribution is 7.89. The van der Waals surface area contributed by atoms with Gasteiger partial charge in [0.05, 0.1) is 10.4 Å². The SMILES string of the molecule is Cn1c(=O)oc2cc(S(=O)(=O)N3CCC(CC(=O)N4CC=C(c5ccccc5)CC4)CC3)ccc21. The van der Waals surface area contributed by atoms with Crippen LogP contribution in [0.1, 0.15) is 31.2 Å². The molecule has 0 aliphatic carbocycles. The Bertz CT molecular complexity index is 1430. The fourth-order valence-corrected chi connectivity index (χ4v) is 6.45. The molecule has 2 aliphatic rings. The van der Waals surface area contributed by atoms with Gasteiger partial charge in [-0.3, -0.25) is 9.36 Å². The number of carbonyl (C=O) groups excluding carboxylic acids is 1. The summed E-state index contributed by atoms with van der Waals surface area (Å²) in [5, 5.41) is 0. The van der Waals surface area contributed by atoms with Crippen LogP contribution in [0.25, 0.3) is 16.7 Å². The number of aromatic nitrogens is 1. The predicted octanol–water partition coefficient (Wildman–Crippen LogP) is 3.24. The van der Waals surface area contributed by atoms with Gasteiger partial charge in [-0.2, -0.15) is 4.31 Å². The molecule has 0 saturated carbocycles. The third-order valence-corrected chi connectivity index (χ3v) is 9.04. The van der Waals surface area contributed by atoms with Gasteiger partial charge in [-0.15, -0.1) is 0 Å². The van der Waals surface area contributed by atoms with E-state index >= 15 is 0 Å². The molecule has 3 heterocycles. The Morgan fingerprint density at radius 3 is 2.49 bits per heavy atom. The van der Waals surface area contributed by atoms with E-state index in [0.717, 1.165) is 6.42 Å². The fraction of sp³-hybridized carbons (Fsp3) is 0.385. The van der Waals surface area contributed by atoms with E-state index in [1.165, 1.54) is 32.1 Å². The molecule has 35 heavy (non-hydrogen) atoms. The van der Waals surface area contributed by atoms with Crippen LogP contribution in [0.15, 0.2) is 68.7 Å². The molecule has 3 aromatic rings. The van der Waals surface area contributed by atoms with Crippen molar-refractivity contribution in [2.45, 2.75) is 30.6 Å². The van der Waals surface area contributed by atoms with Crippen LogP contribution in [-0.2, 0) is 21.9 Å². The van der Waals surface area contributed by atoms with Crippen molar-refractivity contribution >= 4 is 32.6 Å². The van der Waals surface area contributed by atoms with Gasteiger partial charge in [0, 0.05) is 45.7 Å². The highest BCUT2D eigenvalue weighted by Crippen LogP contribution is 2.29. The Kier molecular flexibility index (Phi) is 6.37. The van der Waals surface area contributed by atoms with Gasteiger partial charge in [-0.25, -0.2) is 13.2 Å². The number of carbonyl (C=O) groups is 1. The standard InChI is InChI=1S/C26H29N3O5S/c1-27-23-8-7-22(18-24(23)34-26(27)31)35(32,33)29-15-9-19(10-16-29)17-25(30)28-13-11-21(12-14-28)20-5-3-2-4-6-20/h2-8,11,18-19H,9-10,12-17H2,1H3. The second-order valence-corrected chi connectivity index (χ2v) is 11.2. The van der Waals surface area contributed by atoms with Crippen molar-refractivity contribution in [3.63, 3.8) is 0 Å². The maximum absolute atomic E-state index is 13.2. The molecule has 9 heteroatoms. The van der Waals surface area contributed by atoms with Crippen molar-refractivity contribution in [3.8, 4) is 0 Å². The van der Waals surface area contributed by atoms with Gasteiger partial charge in [-0.05, 0) is 48.4 Å². The van der Waals surface area contributed by atoms with Gasteiger partial charge in [0.2, 0.25) is 15.9 Å². The first-order chi connectivity index (χ1) is 16.8. The molecular weight excluding hydrogens is 466 g/mol. The van der Waals surface area contributed by atoms with E-state index in [-0.39, 0.29) is 22.3 Å². The van der Waals surface area contributed by atoms with Gasteiger partial charge in [0.1, 0.15) is 0 Å². The van der Waals surface area contributed by atoms with Crippen molar-refractivity contribution in [3.05, 3.63) is 70.7 Å². The summed E-state index contributed by atoms with van der Waals surface area (Å²) in [5.41, 5.74) is 3.29. The molecular formula is C26H29N3O5S. The number of hydrogen-bond donors (Lipinski definition) is 0. The van der Waals surface area contributed by atoms with Gasteiger partial charge >= 0.3 is 5.76 Å². The number of rotatable bonds is 5. The van der Waals surface area contributed by atoms with Crippen LogP contribution in [0, 0.1) is 5.92 Å². The van der Waals surface area contributed by atoms with E-state index in [1.54, 1.807) is 13.1 Å². The summed E-state index contributed by atoms with van der Waals surface area (Å²) >= 11 is 0.